The van der Waals surface area contributed by atoms with Crippen LogP contribution in [-0.4, -0.2) is 53.3 Å². The summed E-state index contributed by atoms with van der Waals surface area (Å²) < 4.78 is 17.3. The minimum Gasteiger partial charge on any atom is -0.507 e. The highest BCUT2D eigenvalue weighted by molar-refractivity contribution is 5.87. The minimum atomic E-state index is -0.781. The van der Waals surface area contributed by atoms with Gasteiger partial charge in [0.25, 0.3) is 0 Å². The molecule has 3 rings (SSSR count). The summed E-state index contributed by atoms with van der Waals surface area (Å²) in [5.41, 5.74) is 0.306. The maximum absolute atomic E-state index is 12.7. The van der Waals surface area contributed by atoms with Crippen molar-refractivity contribution in [2.75, 3.05) is 19.7 Å². The van der Waals surface area contributed by atoms with Gasteiger partial charge in [0, 0.05) is 18.1 Å². The van der Waals surface area contributed by atoms with Crippen molar-refractivity contribution in [2.45, 2.75) is 78.0 Å². The molecule has 182 valence electrons. The molecule has 0 amide bonds. The molecule has 0 saturated carbocycles. The number of ether oxygens (including phenoxy) is 3. The van der Waals surface area contributed by atoms with Crippen LogP contribution in [0.4, 0.5) is 0 Å². The van der Waals surface area contributed by atoms with E-state index in [1.165, 1.54) is 6.08 Å². The number of fused-ring (bicyclic) bond motifs is 1. The molecule has 0 spiro atoms. The number of likely N-dealkylation sites (tertiary alicyclic amines) is 1. The van der Waals surface area contributed by atoms with E-state index in [2.05, 4.69) is 4.90 Å². The molecule has 7 nitrogen and oxygen atoms in total. The van der Waals surface area contributed by atoms with Gasteiger partial charge in [-0.3, -0.25) is 9.69 Å². The first-order valence-corrected chi connectivity index (χ1v) is 12.0. The Balaban J connectivity index is 2.05. The zero-order valence-corrected chi connectivity index (χ0v) is 20.4. The Morgan fingerprint density at radius 3 is 2.58 bits per heavy atom. The predicted molar refractivity (Wildman–Crippen MR) is 126 cm³/mol. The molecule has 0 aliphatic carbocycles. The topological polar surface area (TPSA) is 85.3 Å². The number of carbonyl (C=O) groups excluding carboxylic acids is 2. The molecule has 2 heterocycles. The van der Waals surface area contributed by atoms with E-state index in [1.807, 2.05) is 33.8 Å². The van der Waals surface area contributed by atoms with E-state index in [9.17, 15) is 14.7 Å². The molecule has 1 aromatic carbocycles. The molecule has 2 atom stereocenters. The van der Waals surface area contributed by atoms with Gasteiger partial charge in [0.2, 0.25) is 0 Å². The maximum Gasteiger partial charge on any atom is 0.330 e. The minimum absolute atomic E-state index is 0.0315. The first kappa shape index (κ1) is 25.1. The van der Waals surface area contributed by atoms with Gasteiger partial charge in [-0.2, -0.15) is 0 Å². The molecule has 1 N–H and O–H groups in total. The summed E-state index contributed by atoms with van der Waals surface area (Å²) in [6, 6.07) is 3.18. The summed E-state index contributed by atoms with van der Waals surface area (Å²) >= 11 is 0. The number of esters is 2. The average Bonchev–Trinajstić information content (AvgIpc) is 2.74. The number of hydrogen-bond donors (Lipinski definition) is 1. The largest absolute Gasteiger partial charge is 0.507 e. The van der Waals surface area contributed by atoms with E-state index in [-0.39, 0.29) is 30.3 Å². The van der Waals surface area contributed by atoms with Crippen LogP contribution in [0.5, 0.6) is 11.5 Å². The molecule has 1 fully saturated rings. The molecule has 0 bridgehead atoms. The quantitative estimate of drug-likeness (QED) is 0.470. The first-order valence-electron chi connectivity index (χ1n) is 12.0. The molecule has 0 radical (unpaired) electrons. The Bertz CT molecular complexity index is 885. The molecule has 2 unspecified atom stereocenters. The number of aromatic hydroxyl groups is 1. The van der Waals surface area contributed by atoms with E-state index in [4.69, 9.17) is 14.2 Å². The van der Waals surface area contributed by atoms with Crippen LogP contribution in [0.15, 0.2) is 18.2 Å². The lowest BCUT2D eigenvalue weighted by molar-refractivity contribution is -0.173. The van der Waals surface area contributed by atoms with Gasteiger partial charge >= 0.3 is 11.9 Å². The summed E-state index contributed by atoms with van der Waals surface area (Å²) in [6.45, 7) is 11.5. The molecular weight excluding hydrogens is 422 g/mol. The van der Waals surface area contributed by atoms with E-state index >= 15 is 0 Å². The molecule has 7 heteroatoms. The second-order valence-corrected chi connectivity index (χ2v) is 9.76. The molecular formula is C26H37NO6. The van der Waals surface area contributed by atoms with Crippen molar-refractivity contribution >= 4 is 18.0 Å². The second kappa shape index (κ2) is 10.6. The Kier molecular flexibility index (Phi) is 8.05. The fraction of sp³-hybridized carbons (Fsp3) is 0.615. The normalized spacial score (nSPS) is 22.6. The lowest BCUT2D eigenvalue weighted by atomic mass is 9.83. The van der Waals surface area contributed by atoms with E-state index < -0.39 is 17.7 Å². The van der Waals surface area contributed by atoms with Crippen LogP contribution in [0.3, 0.4) is 0 Å². The van der Waals surface area contributed by atoms with Crippen LogP contribution < -0.4 is 4.74 Å². The van der Waals surface area contributed by atoms with E-state index in [0.29, 0.717) is 23.3 Å². The number of hydrogen-bond acceptors (Lipinski definition) is 7. The summed E-state index contributed by atoms with van der Waals surface area (Å²) in [5.74, 6) is 0.0375. The monoisotopic (exact) mass is 459 g/mol. The third kappa shape index (κ3) is 5.88. The number of piperidine rings is 1. The molecule has 33 heavy (non-hydrogen) atoms. The van der Waals surface area contributed by atoms with Crippen molar-refractivity contribution in [1.82, 2.24) is 4.90 Å². The van der Waals surface area contributed by atoms with Crippen molar-refractivity contribution in [3.8, 4) is 11.5 Å². The van der Waals surface area contributed by atoms with Gasteiger partial charge in [-0.1, -0.05) is 20.3 Å². The SMILES string of the molecule is CCOC(=O)/C=C/c1ccc2c(c1O)C(N1CCCCC1)C(OC(=O)CC(C)C)C(C)(C)O2. The number of benzene rings is 1. The third-order valence-corrected chi connectivity index (χ3v) is 6.15. The summed E-state index contributed by atoms with van der Waals surface area (Å²) in [6.07, 6.45) is 5.81. The van der Waals surface area contributed by atoms with Crippen molar-refractivity contribution in [1.29, 1.82) is 0 Å². The Morgan fingerprint density at radius 2 is 1.94 bits per heavy atom. The van der Waals surface area contributed by atoms with Crippen molar-refractivity contribution in [3.63, 3.8) is 0 Å². The highest BCUT2D eigenvalue weighted by atomic mass is 16.6. The van der Waals surface area contributed by atoms with Gasteiger partial charge in [0.1, 0.15) is 17.1 Å². The number of phenols is 1. The number of phenolic OH excluding ortho intramolecular Hbond substituents is 1. The highest BCUT2D eigenvalue weighted by Gasteiger charge is 2.50. The van der Waals surface area contributed by atoms with Crippen LogP contribution in [0, 0.1) is 5.92 Å². The van der Waals surface area contributed by atoms with Crippen molar-refractivity contribution in [2.24, 2.45) is 5.92 Å². The molecule has 2 aliphatic heterocycles. The van der Waals surface area contributed by atoms with Gasteiger partial charge in [-0.25, -0.2) is 4.79 Å². The zero-order chi connectivity index (χ0) is 24.2. The van der Waals surface area contributed by atoms with E-state index in [1.54, 1.807) is 19.1 Å². The number of nitrogens with zero attached hydrogens (tertiary/aromatic N) is 1. The summed E-state index contributed by atoms with van der Waals surface area (Å²) in [7, 11) is 0. The second-order valence-electron chi connectivity index (χ2n) is 9.76. The van der Waals surface area contributed by atoms with Crippen molar-refractivity contribution in [3.05, 3.63) is 29.3 Å². The fourth-order valence-electron chi connectivity index (χ4n) is 4.64. The number of rotatable bonds is 7. The van der Waals surface area contributed by atoms with Gasteiger partial charge < -0.3 is 19.3 Å². The lowest BCUT2D eigenvalue weighted by Crippen LogP contribution is -2.56. The molecule has 0 aromatic heterocycles. The van der Waals surface area contributed by atoms with Crippen LogP contribution in [0.2, 0.25) is 0 Å². The fourth-order valence-corrected chi connectivity index (χ4v) is 4.64. The van der Waals surface area contributed by atoms with Gasteiger partial charge in [-0.15, -0.1) is 0 Å². The van der Waals surface area contributed by atoms with Crippen LogP contribution in [0.1, 0.15) is 77.5 Å². The first-order chi connectivity index (χ1) is 15.6. The standard InChI is InChI=1S/C26H37NO6/c1-6-31-20(28)13-11-18-10-12-19-22(24(18)30)23(27-14-8-7-9-15-27)25(26(4,5)33-19)32-21(29)16-17(2)3/h10-13,17,23,25,30H,6-9,14-16H2,1-5H3/b13-11+. The predicted octanol–water partition coefficient (Wildman–Crippen LogP) is 4.62. The number of carbonyl (C=O) groups is 2. The molecule has 1 aromatic rings. The lowest BCUT2D eigenvalue weighted by Gasteiger charge is -2.48. The van der Waals surface area contributed by atoms with Gasteiger partial charge in [-0.05, 0) is 70.8 Å². The van der Waals surface area contributed by atoms with Gasteiger partial charge in [0.05, 0.1) is 18.2 Å². The summed E-state index contributed by atoms with van der Waals surface area (Å²) in [4.78, 5) is 26.8. The highest BCUT2D eigenvalue weighted by Crippen LogP contribution is 2.50. The Labute approximate surface area is 196 Å². The van der Waals surface area contributed by atoms with Crippen LogP contribution >= 0.6 is 0 Å². The Morgan fingerprint density at radius 1 is 1.24 bits per heavy atom. The summed E-state index contributed by atoms with van der Waals surface area (Å²) in [5, 5.41) is 11.3. The van der Waals surface area contributed by atoms with E-state index in [0.717, 1.165) is 32.4 Å². The smallest absolute Gasteiger partial charge is 0.330 e. The molecule has 2 aliphatic rings. The average molecular weight is 460 g/mol. The molecule has 1 saturated heterocycles. The zero-order valence-electron chi connectivity index (χ0n) is 20.4. The third-order valence-electron chi connectivity index (χ3n) is 6.15. The van der Waals surface area contributed by atoms with Crippen LogP contribution in [-0.2, 0) is 19.1 Å². The Hall–Kier alpha value is -2.54. The van der Waals surface area contributed by atoms with Crippen molar-refractivity contribution < 1.29 is 28.9 Å². The van der Waals surface area contributed by atoms with Gasteiger partial charge in [0.15, 0.2) is 6.10 Å². The van der Waals surface area contributed by atoms with Crippen LogP contribution in [0.25, 0.3) is 6.08 Å². The maximum atomic E-state index is 12.7.